The molecule has 5 rings (SSSR count). The molecular weight excluding hydrogens is 575 g/mol. The van der Waals surface area contributed by atoms with Crippen molar-refractivity contribution in [1.82, 2.24) is 4.98 Å². The van der Waals surface area contributed by atoms with Crippen LogP contribution >= 0.6 is 0 Å². The Hall–Kier alpha value is -1.58. The predicted octanol–water partition coefficient (Wildman–Crippen LogP) is 5.81. The molecule has 0 spiro atoms. The molecule has 1 heterocycles. The second-order valence-corrected chi connectivity index (χ2v) is 10.8. The van der Waals surface area contributed by atoms with E-state index in [0.717, 1.165) is 29.6 Å². The summed E-state index contributed by atoms with van der Waals surface area (Å²) in [5.41, 5.74) is 4.28. The number of aliphatic hydroxyl groups excluding tert-OH is 2. The Morgan fingerprint density at radius 1 is 0.906 bits per heavy atom. The second kappa shape index (κ2) is 9.35. The van der Waals surface area contributed by atoms with Gasteiger partial charge in [-0.1, -0.05) is 52.0 Å². The number of aryl methyl sites for hydroxylation is 1. The van der Waals surface area contributed by atoms with Crippen molar-refractivity contribution in [2.24, 2.45) is 22.7 Å². The number of pyridine rings is 1. The first-order valence-corrected chi connectivity index (χ1v) is 11.3. The molecule has 0 aliphatic heterocycles. The van der Waals surface area contributed by atoms with Gasteiger partial charge in [0.05, 0.1) is 17.7 Å². The van der Waals surface area contributed by atoms with Gasteiger partial charge in [-0.2, -0.15) is 0 Å². The summed E-state index contributed by atoms with van der Waals surface area (Å²) in [5, 5.41) is 21.5. The van der Waals surface area contributed by atoms with Crippen molar-refractivity contribution in [3.63, 3.8) is 0 Å². The molecule has 0 saturated heterocycles. The maximum Gasteiger partial charge on any atom is 0.0646 e. The molecule has 3 nitrogen and oxygen atoms in total. The van der Waals surface area contributed by atoms with Crippen LogP contribution in [0.1, 0.15) is 46.1 Å². The third-order valence-electron chi connectivity index (χ3n) is 7.28. The van der Waals surface area contributed by atoms with E-state index in [2.05, 4.69) is 69.9 Å². The predicted molar refractivity (Wildman–Crippen MR) is 127 cm³/mol. The maximum absolute atomic E-state index is 10.2. The molecule has 0 amide bonds. The van der Waals surface area contributed by atoms with Crippen LogP contribution in [-0.2, 0) is 20.1 Å². The van der Waals surface area contributed by atoms with Crippen LogP contribution in [-0.4, -0.2) is 27.4 Å². The van der Waals surface area contributed by atoms with E-state index in [4.69, 9.17) is 0 Å². The van der Waals surface area contributed by atoms with E-state index in [1.807, 2.05) is 30.3 Å². The Balaban J connectivity index is 0.000000178. The summed E-state index contributed by atoms with van der Waals surface area (Å²) in [6, 6.07) is 21.6. The Kier molecular flexibility index (Phi) is 7.32. The van der Waals surface area contributed by atoms with Gasteiger partial charge >= 0.3 is 0 Å². The fourth-order valence-corrected chi connectivity index (χ4v) is 5.60. The van der Waals surface area contributed by atoms with Crippen molar-refractivity contribution in [2.75, 3.05) is 0 Å². The standard InChI is InChI=1S/C16H12N.C12H22O2.Ir/c1-12-7-8-14-9-10-15(17-16(14)11-12)13-5-3-2-4-6-13;1-11(2)5-7-6-12(3,4)10(14)8(7)9(11)13;/h2-5,7-11H,1H3;7-10,13-14H,5-6H2,1-4H3;/q-1;;. The van der Waals surface area contributed by atoms with Crippen molar-refractivity contribution in [3.05, 3.63) is 66.2 Å². The van der Waals surface area contributed by atoms with E-state index in [-0.39, 0.29) is 49.1 Å². The quantitative estimate of drug-likeness (QED) is 0.343. The molecule has 2 fully saturated rings. The Bertz CT molecular complexity index is 1040. The first kappa shape index (κ1) is 25.0. The van der Waals surface area contributed by atoms with Crippen LogP contribution in [0.3, 0.4) is 0 Å². The van der Waals surface area contributed by atoms with Gasteiger partial charge in [-0.15, -0.1) is 35.9 Å². The number of aromatic nitrogens is 1. The number of benzene rings is 2. The average Bonchev–Trinajstić information content (AvgIpc) is 3.08. The first-order chi connectivity index (χ1) is 14.6. The summed E-state index contributed by atoms with van der Waals surface area (Å²) in [6.07, 6.45) is 1.45. The van der Waals surface area contributed by atoms with Crippen LogP contribution in [0.15, 0.2) is 54.6 Å². The van der Waals surface area contributed by atoms with Gasteiger partial charge in [0.2, 0.25) is 0 Å². The van der Waals surface area contributed by atoms with Crippen LogP contribution in [0, 0.1) is 35.7 Å². The average molecular weight is 609 g/mol. The maximum atomic E-state index is 10.2. The molecule has 2 unspecified atom stereocenters. The molecule has 32 heavy (non-hydrogen) atoms. The zero-order valence-corrected chi connectivity index (χ0v) is 22.0. The zero-order chi connectivity index (χ0) is 22.4. The Labute approximate surface area is 205 Å². The van der Waals surface area contributed by atoms with E-state index in [1.165, 1.54) is 10.9 Å². The second-order valence-electron chi connectivity index (χ2n) is 10.8. The van der Waals surface area contributed by atoms with E-state index < -0.39 is 0 Å². The van der Waals surface area contributed by atoms with Gasteiger partial charge < -0.3 is 10.2 Å². The van der Waals surface area contributed by atoms with Gasteiger partial charge in [-0.25, -0.2) is 0 Å². The zero-order valence-electron chi connectivity index (χ0n) is 19.6. The molecule has 4 heteroatoms. The molecule has 1 aromatic heterocycles. The summed E-state index contributed by atoms with van der Waals surface area (Å²) >= 11 is 0. The number of hydrogen-bond donors (Lipinski definition) is 2. The van der Waals surface area contributed by atoms with Crippen LogP contribution in [0.25, 0.3) is 22.2 Å². The molecule has 2 saturated carbocycles. The van der Waals surface area contributed by atoms with Crippen molar-refractivity contribution in [3.8, 4) is 11.3 Å². The minimum absolute atomic E-state index is 0. The van der Waals surface area contributed by atoms with Gasteiger partial charge in [0.1, 0.15) is 0 Å². The molecular formula is C28H34IrNO2-. The van der Waals surface area contributed by atoms with Gasteiger partial charge in [-0.05, 0) is 59.2 Å². The van der Waals surface area contributed by atoms with Crippen LogP contribution < -0.4 is 0 Å². The van der Waals surface area contributed by atoms with Crippen molar-refractivity contribution in [1.29, 1.82) is 0 Å². The topological polar surface area (TPSA) is 53.4 Å². The Morgan fingerprint density at radius 3 is 2.09 bits per heavy atom. The van der Waals surface area contributed by atoms with Crippen LogP contribution in [0.4, 0.5) is 0 Å². The number of aliphatic hydroxyl groups is 2. The molecule has 3 aromatic rings. The molecule has 0 bridgehead atoms. The number of fused-ring (bicyclic) bond motifs is 2. The molecule has 2 aliphatic carbocycles. The summed E-state index contributed by atoms with van der Waals surface area (Å²) in [7, 11) is 0. The minimum Gasteiger partial charge on any atom is -0.392 e. The van der Waals surface area contributed by atoms with Crippen molar-refractivity contribution >= 4 is 10.9 Å². The van der Waals surface area contributed by atoms with Crippen molar-refractivity contribution in [2.45, 2.75) is 59.7 Å². The molecule has 173 valence electrons. The van der Waals surface area contributed by atoms with Gasteiger partial charge in [0.25, 0.3) is 0 Å². The molecule has 2 atom stereocenters. The van der Waals surface area contributed by atoms with Crippen LogP contribution in [0.2, 0.25) is 0 Å². The SMILES string of the molecule is CC1(C)CC2CC(C)(C)C(O)C2C1O.Cc1ccc2ccc(-c3[c-]cccc3)nc2c1.[Ir]. The summed E-state index contributed by atoms with van der Waals surface area (Å²) in [4.78, 5) is 4.68. The Morgan fingerprint density at radius 2 is 1.53 bits per heavy atom. The molecule has 2 aromatic carbocycles. The van der Waals surface area contributed by atoms with E-state index >= 15 is 0 Å². The van der Waals surface area contributed by atoms with Gasteiger partial charge in [-0.3, -0.25) is 4.98 Å². The summed E-state index contributed by atoms with van der Waals surface area (Å²) < 4.78 is 0. The molecule has 2 aliphatic rings. The van der Waals surface area contributed by atoms with E-state index in [1.54, 1.807) is 0 Å². The summed E-state index contributed by atoms with van der Waals surface area (Å²) in [6.45, 7) is 10.5. The fraction of sp³-hybridized carbons (Fsp3) is 0.464. The minimum atomic E-state index is -0.329. The molecule has 2 N–H and O–H groups in total. The normalized spacial score (nSPS) is 27.2. The van der Waals surface area contributed by atoms with E-state index in [9.17, 15) is 10.2 Å². The number of nitrogens with zero attached hydrogens (tertiary/aromatic N) is 1. The van der Waals surface area contributed by atoms with E-state index in [0.29, 0.717) is 5.92 Å². The first-order valence-electron chi connectivity index (χ1n) is 11.3. The van der Waals surface area contributed by atoms with Crippen LogP contribution in [0.5, 0.6) is 0 Å². The number of rotatable bonds is 1. The monoisotopic (exact) mass is 609 g/mol. The van der Waals surface area contributed by atoms with Crippen molar-refractivity contribution < 1.29 is 30.3 Å². The smallest absolute Gasteiger partial charge is 0.0646 e. The largest absolute Gasteiger partial charge is 0.392 e. The molecule has 1 radical (unpaired) electrons. The third kappa shape index (κ3) is 4.84. The van der Waals surface area contributed by atoms with Gasteiger partial charge in [0, 0.05) is 26.0 Å². The number of hydrogen-bond acceptors (Lipinski definition) is 3. The third-order valence-corrected chi connectivity index (χ3v) is 7.28. The fourth-order valence-electron chi connectivity index (χ4n) is 5.60. The van der Waals surface area contributed by atoms with Gasteiger partial charge in [0.15, 0.2) is 0 Å². The summed E-state index contributed by atoms with van der Waals surface area (Å²) in [5.74, 6) is 0.630.